The number of anilines is 1. The van der Waals surface area contributed by atoms with Crippen LogP contribution >= 0.6 is 0 Å². The van der Waals surface area contributed by atoms with Gasteiger partial charge in [-0.2, -0.15) is 5.10 Å². The van der Waals surface area contributed by atoms with E-state index in [0.717, 1.165) is 56.5 Å². The van der Waals surface area contributed by atoms with Crippen LogP contribution in [-0.2, 0) is 4.79 Å². The molecule has 0 radical (unpaired) electrons. The van der Waals surface area contributed by atoms with Gasteiger partial charge in [-0.25, -0.2) is 20.0 Å². The zero-order valence-electron chi connectivity index (χ0n) is 20.3. The number of aliphatic imine (C=N–C) groups is 3. The van der Waals surface area contributed by atoms with Crippen LogP contribution in [0.25, 0.3) is 0 Å². The molecule has 1 aromatic rings. The van der Waals surface area contributed by atoms with Crippen molar-refractivity contribution in [2.45, 2.75) is 58.1 Å². The van der Waals surface area contributed by atoms with Crippen LogP contribution in [0.15, 0.2) is 44.5 Å². The topological polar surface area (TPSA) is 121 Å². The molecule has 2 fully saturated rings. The fourth-order valence-electron chi connectivity index (χ4n) is 4.61. The van der Waals surface area contributed by atoms with Gasteiger partial charge in [0.05, 0.1) is 12.0 Å². The number of aliphatic hydroxyl groups excluding tert-OH is 1. The number of nitrogens with zero attached hydrogens (tertiary/aromatic N) is 8. The molecule has 4 aliphatic rings. The first-order valence-electron chi connectivity index (χ1n) is 12.4. The number of piperazine rings is 1. The molecule has 0 spiro atoms. The van der Waals surface area contributed by atoms with Gasteiger partial charge in [0.25, 0.3) is 5.91 Å². The largest absolute Gasteiger partial charge is 0.356 e. The van der Waals surface area contributed by atoms with Gasteiger partial charge in [0.1, 0.15) is 29.4 Å². The van der Waals surface area contributed by atoms with Crippen molar-refractivity contribution in [3.63, 3.8) is 0 Å². The third-order valence-corrected chi connectivity index (χ3v) is 6.64. The quantitative estimate of drug-likeness (QED) is 0.589. The number of amidine groups is 2. The summed E-state index contributed by atoms with van der Waals surface area (Å²) in [6.45, 7) is 7.80. The molecule has 0 bridgehead atoms. The maximum absolute atomic E-state index is 11.7. The minimum Gasteiger partial charge on any atom is -0.356 e. The minimum atomic E-state index is -1.13. The molecule has 3 unspecified atom stereocenters. The second-order valence-corrected chi connectivity index (χ2v) is 9.33. The highest BCUT2D eigenvalue weighted by atomic mass is 16.3. The van der Waals surface area contributed by atoms with Gasteiger partial charge in [0.15, 0.2) is 0 Å². The first-order chi connectivity index (χ1) is 17.0. The normalized spacial score (nSPS) is 28.5. The van der Waals surface area contributed by atoms with Gasteiger partial charge >= 0.3 is 0 Å². The van der Waals surface area contributed by atoms with E-state index in [9.17, 15) is 9.90 Å². The maximum Gasteiger partial charge on any atom is 0.268 e. The summed E-state index contributed by atoms with van der Waals surface area (Å²) in [6.07, 6.45) is 5.53. The average Bonchev–Trinajstić information content (AvgIpc) is 3.63. The van der Waals surface area contributed by atoms with E-state index in [2.05, 4.69) is 38.1 Å². The summed E-state index contributed by atoms with van der Waals surface area (Å²) in [7, 11) is 0. The van der Waals surface area contributed by atoms with Crippen LogP contribution in [-0.4, -0.2) is 94.2 Å². The average molecular weight is 480 g/mol. The molecule has 11 heteroatoms. The van der Waals surface area contributed by atoms with Crippen molar-refractivity contribution >= 4 is 35.3 Å². The first-order valence-corrected chi connectivity index (χ1v) is 12.4. The van der Waals surface area contributed by atoms with Gasteiger partial charge in [-0.1, -0.05) is 6.07 Å². The number of carbonyl (C=O) groups excluding carboxylic acids is 1. The lowest BCUT2D eigenvalue weighted by atomic mass is 10.0. The summed E-state index contributed by atoms with van der Waals surface area (Å²) >= 11 is 0. The molecule has 2 N–H and O–H groups in total. The van der Waals surface area contributed by atoms with Crippen molar-refractivity contribution < 1.29 is 9.90 Å². The molecular weight excluding hydrogens is 446 g/mol. The summed E-state index contributed by atoms with van der Waals surface area (Å²) in [4.78, 5) is 34.9. The zero-order chi connectivity index (χ0) is 24.4. The molecular formula is C24H33N9O2. The monoisotopic (exact) mass is 479 g/mol. The van der Waals surface area contributed by atoms with Gasteiger partial charge < -0.3 is 20.2 Å². The molecule has 35 heavy (non-hydrogen) atoms. The smallest absolute Gasteiger partial charge is 0.268 e. The van der Waals surface area contributed by atoms with Crippen LogP contribution in [0.4, 0.5) is 5.82 Å². The van der Waals surface area contributed by atoms with Gasteiger partial charge in [-0.3, -0.25) is 9.79 Å². The third-order valence-electron chi connectivity index (χ3n) is 6.64. The molecule has 1 saturated carbocycles. The Morgan fingerprint density at radius 1 is 1.14 bits per heavy atom. The van der Waals surface area contributed by atoms with E-state index in [1.165, 1.54) is 0 Å². The number of hydrogen-bond donors (Lipinski definition) is 2. The van der Waals surface area contributed by atoms with Crippen LogP contribution in [0.5, 0.6) is 0 Å². The predicted molar refractivity (Wildman–Crippen MR) is 136 cm³/mol. The molecule has 3 aliphatic heterocycles. The fourth-order valence-corrected chi connectivity index (χ4v) is 4.61. The number of nitrogens with one attached hydrogen (secondary N) is 1. The summed E-state index contributed by atoms with van der Waals surface area (Å²) in [5, 5.41) is 18.4. The van der Waals surface area contributed by atoms with Crippen molar-refractivity contribution in [1.29, 1.82) is 0 Å². The van der Waals surface area contributed by atoms with E-state index in [1.54, 1.807) is 6.21 Å². The SMILES string of the molecule is CC1C(N2CCN(c3ccccn3)CC2)=NC(C)N(N=CCCC2=NC(O)NC2=O)C1=NC1CC1. The van der Waals surface area contributed by atoms with Crippen LogP contribution in [0.2, 0.25) is 0 Å². The fraction of sp³-hybridized carbons (Fsp3) is 0.583. The van der Waals surface area contributed by atoms with E-state index in [-0.39, 0.29) is 18.0 Å². The van der Waals surface area contributed by atoms with Crippen molar-refractivity contribution in [1.82, 2.24) is 20.2 Å². The maximum atomic E-state index is 11.7. The number of aliphatic hydroxyl groups is 1. The highest BCUT2D eigenvalue weighted by molar-refractivity contribution is 6.40. The zero-order valence-corrected chi connectivity index (χ0v) is 20.3. The van der Waals surface area contributed by atoms with Crippen molar-refractivity contribution in [2.75, 3.05) is 31.1 Å². The summed E-state index contributed by atoms with van der Waals surface area (Å²) < 4.78 is 0. The molecule has 3 atom stereocenters. The van der Waals surface area contributed by atoms with Gasteiger partial charge in [-0.05, 0) is 51.7 Å². The van der Waals surface area contributed by atoms with Gasteiger partial charge in [-0.15, -0.1) is 0 Å². The molecule has 4 heterocycles. The predicted octanol–water partition coefficient (Wildman–Crippen LogP) is 1.07. The lowest BCUT2D eigenvalue weighted by molar-refractivity contribution is -0.116. The molecule has 1 aliphatic carbocycles. The Morgan fingerprint density at radius 3 is 2.57 bits per heavy atom. The van der Waals surface area contributed by atoms with Crippen molar-refractivity contribution in [3.05, 3.63) is 24.4 Å². The molecule has 1 saturated heterocycles. The lowest BCUT2D eigenvalue weighted by Crippen LogP contribution is -2.55. The molecule has 1 aromatic heterocycles. The summed E-state index contributed by atoms with van der Waals surface area (Å²) in [5.41, 5.74) is 0.348. The lowest BCUT2D eigenvalue weighted by Gasteiger charge is -2.42. The first kappa shape index (κ1) is 23.4. The van der Waals surface area contributed by atoms with E-state index in [0.29, 0.717) is 24.6 Å². The molecule has 11 nitrogen and oxygen atoms in total. The Balaban J connectivity index is 1.26. The Kier molecular flexibility index (Phi) is 6.76. The summed E-state index contributed by atoms with van der Waals surface area (Å²) in [5.74, 6) is 2.78. The second-order valence-electron chi connectivity index (χ2n) is 9.33. The van der Waals surface area contributed by atoms with Crippen LogP contribution in [0, 0.1) is 5.92 Å². The Hall–Kier alpha value is -3.34. The number of hydrogen-bond acceptors (Lipinski definition) is 9. The van der Waals surface area contributed by atoms with Crippen LogP contribution in [0.3, 0.4) is 0 Å². The number of pyridine rings is 1. The van der Waals surface area contributed by atoms with E-state index < -0.39 is 6.35 Å². The van der Waals surface area contributed by atoms with Gasteiger partial charge in [0.2, 0.25) is 6.35 Å². The number of carbonyl (C=O) groups is 1. The van der Waals surface area contributed by atoms with Crippen molar-refractivity contribution in [3.8, 4) is 0 Å². The van der Waals surface area contributed by atoms with Gasteiger partial charge in [0, 0.05) is 38.6 Å². The number of rotatable bonds is 6. The number of amides is 1. The van der Waals surface area contributed by atoms with E-state index in [4.69, 9.17) is 15.1 Å². The molecule has 1 amide bonds. The number of hydrazone groups is 1. The van der Waals surface area contributed by atoms with Crippen LogP contribution in [0.1, 0.15) is 39.5 Å². The van der Waals surface area contributed by atoms with E-state index in [1.807, 2.05) is 30.3 Å². The number of aromatic nitrogens is 1. The third kappa shape index (κ3) is 5.34. The standard InChI is InChI=1S/C24H33N9O2/c1-16-21(32-14-12-31(13-15-32)20-7-3-4-10-25-20)27-17(2)33(22(16)28-18-8-9-18)26-11-5-6-19-23(34)30-24(35)29-19/h3-4,7,10-11,16-18,24,35H,5-6,8-9,12-15H2,1-2H3,(H,30,34). The minimum absolute atomic E-state index is 0.0467. The highest BCUT2D eigenvalue weighted by Crippen LogP contribution is 2.29. The van der Waals surface area contributed by atoms with Crippen LogP contribution < -0.4 is 10.2 Å². The Labute approximate surface area is 205 Å². The molecule has 5 rings (SSSR count). The highest BCUT2D eigenvalue weighted by Gasteiger charge is 2.37. The van der Waals surface area contributed by atoms with E-state index >= 15 is 0 Å². The molecule has 186 valence electrons. The van der Waals surface area contributed by atoms with Crippen molar-refractivity contribution in [2.24, 2.45) is 26.0 Å². The molecule has 0 aromatic carbocycles. The Morgan fingerprint density at radius 2 is 1.91 bits per heavy atom. The Bertz CT molecular complexity index is 1040. The second kappa shape index (κ2) is 10.1. The summed E-state index contributed by atoms with van der Waals surface area (Å²) in [6, 6.07) is 6.40.